The van der Waals surface area contributed by atoms with E-state index in [1.54, 1.807) is 12.4 Å². The van der Waals surface area contributed by atoms with Gasteiger partial charge in [0.15, 0.2) is 0 Å². The van der Waals surface area contributed by atoms with E-state index in [2.05, 4.69) is 16.2 Å². The number of carbonyl (C=O) groups is 1. The maximum Gasteiger partial charge on any atom is 0.249 e. The molecule has 1 atom stereocenters. The SMILES string of the molecule is Cn1ncc2c1CN(C(=O)C1=CCCC1)CC2COc1cccnc1. The standard InChI is InChI=1S/C19H22N4O2/c1-22-18-12-23(19(24)14-5-2-3-6-14)11-15(17(18)10-21-22)13-25-16-7-4-8-20-9-16/h4-5,7-10,15H,2-3,6,11-13H2,1H3. The van der Waals surface area contributed by atoms with Crippen LogP contribution in [-0.4, -0.2) is 38.7 Å². The number of hydrogen-bond donors (Lipinski definition) is 0. The van der Waals surface area contributed by atoms with Crippen LogP contribution in [0.25, 0.3) is 0 Å². The monoisotopic (exact) mass is 338 g/mol. The van der Waals surface area contributed by atoms with Gasteiger partial charge in [-0.25, -0.2) is 0 Å². The van der Waals surface area contributed by atoms with Crippen molar-refractivity contribution in [2.75, 3.05) is 13.2 Å². The summed E-state index contributed by atoms with van der Waals surface area (Å²) in [5.74, 6) is 1.02. The molecule has 4 rings (SSSR count). The molecule has 0 saturated carbocycles. The summed E-state index contributed by atoms with van der Waals surface area (Å²) in [6.07, 6.45) is 10.4. The largest absolute Gasteiger partial charge is 0.491 e. The lowest BCUT2D eigenvalue weighted by Gasteiger charge is -2.33. The van der Waals surface area contributed by atoms with E-state index in [9.17, 15) is 4.79 Å². The van der Waals surface area contributed by atoms with Gasteiger partial charge in [-0.3, -0.25) is 14.5 Å². The van der Waals surface area contributed by atoms with E-state index in [1.807, 2.05) is 35.0 Å². The fourth-order valence-electron chi connectivity index (χ4n) is 3.62. The first-order valence-corrected chi connectivity index (χ1v) is 8.74. The van der Waals surface area contributed by atoms with Crippen molar-refractivity contribution < 1.29 is 9.53 Å². The third-order valence-electron chi connectivity index (χ3n) is 5.00. The number of allylic oxidation sites excluding steroid dienone is 1. The molecule has 6 heteroatoms. The Kier molecular flexibility index (Phi) is 4.26. The second kappa shape index (κ2) is 6.70. The van der Waals surface area contributed by atoms with Crippen LogP contribution >= 0.6 is 0 Å². The first-order chi connectivity index (χ1) is 12.2. The Morgan fingerprint density at radius 3 is 3.08 bits per heavy atom. The van der Waals surface area contributed by atoms with Crippen molar-refractivity contribution in [3.05, 3.63) is 53.6 Å². The van der Waals surface area contributed by atoms with Crippen LogP contribution < -0.4 is 4.74 Å². The Morgan fingerprint density at radius 1 is 1.40 bits per heavy atom. The number of aryl methyl sites for hydroxylation is 1. The quantitative estimate of drug-likeness (QED) is 0.859. The van der Waals surface area contributed by atoms with Gasteiger partial charge in [0.2, 0.25) is 5.91 Å². The maximum atomic E-state index is 12.8. The zero-order valence-electron chi connectivity index (χ0n) is 14.4. The zero-order valence-corrected chi connectivity index (χ0v) is 14.4. The Morgan fingerprint density at radius 2 is 2.32 bits per heavy atom. The Labute approximate surface area is 147 Å². The Hall–Kier alpha value is -2.63. The summed E-state index contributed by atoms with van der Waals surface area (Å²) in [5.41, 5.74) is 3.23. The van der Waals surface area contributed by atoms with Gasteiger partial charge in [0.05, 0.1) is 31.2 Å². The summed E-state index contributed by atoms with van der Waals surface area (Å²) >= 11 is 0. The number of ether oxygens (including phenoxy) is 1. The highest BCUT2D eigenvalue weighted by Crippen LogP contribution is 2.31. The molecule has 1 amide bonds. The van der Waals surface area contributed by atoms with Gasteiger partial charge in [-0.1, -0.05) is 6.08 Å². The molecule has 1 unspecified atom stereocenters. The van der Waals surface area contributed by atoms with Crippen LogP contribution in [0, 0.1) is 0 Å². The molecule has 1 aliphatic carbocycles. The lowest BCUT2D eigenvalue weighted by atomic mass is 9.95. The molecule has 1 aliphatic heterocycles. The highest BCUT2D eigenvalue weighted by molar-refractivity contribution is 5.94. The Bertz CT molecular complexity index is 797. The molecule has 3 heterocycles. The highest BCUT2D eigenvalue weighted by atomic mass is 16.5. The summed E-state index contributed by atoms with van der Waals surface area (Å²) in [7, 11) is 1.93. The molecule has 0 spiro atoms. The number of rotatable bonds is 4. The normalized spacial score (nSPS) is 19.5. The van der Waals surface area contributed by atoms with Gasteiger partial charge in [0, 0.05) is 36.8 Å². The molecule has 0 fully saturated rings. The summed E-state index contributed by atoms with van der Waals surface area (Å²) < 4.78 is 7.78. The number of carbonyl (C=O) groups excluding carboxylic acids is 1. The van der Waals surface area contributed by atoms with Gasteiger partial charge in [-0.05, 0) is 31.4 Å². The first-order valence-electron chi connectivity index (χ1n) is 8.74. The summed E-state index contributed by atoms with van der Waals surface area (Å²) in [5, 5.41) is 4.39. The van der Waals surface area contributed by atoms with Crippen molar-refractivity contribution in [1.29, 1.82) is 0 Å². The van der Waals surface area contributed by atoms with Crippen molar-refractivity contribution in [2.24, 2.45) is 7.05 Å². The first kappa shape index (κ1) is 15.9. The molecule has 2 aromatic heterocycles. The zero-order chi connectivity index (χ0) is 17.2. The van der Waals surface area contributed by atoms with Crippen molar-refractivity contribution in [2.45, 2.75) is 31.7 Å². The minimum absolute atomic E-state index is 0.114. The third-order valence-corrected chi connectivity index (χ3v) is 5.00. The summed E-state index contributed by atoms with van der Waals surface area (Å²) in [4.78, 5) is 18.9. The van der Waals surface area contributed by atoms with Gasteiger partial charge >= 0.3 is 0 Å². The van der Waals surface area contributed by atoms with Crippen molar-refractivity contribution >= 4 is 5.91 Å². The van der Waals surface area contributed by atoms with E-state index in [1.165, 1.54) is 5.56 Å². The topological polar surface area (TPSA) is 60.2 Å². The number of fused-ring (bicyclic) bond motifs is 1. The van der Waals surface area contributed by atoms with Gasteiger partial charge in [-0.15, -0.1) is 0 Å². The molecular weight excluding hydrogens is 316 g/mol. The van der Waals surface area contributed by atoms with Gasteiger partial charge in [0.1, 0.15) is 5.75 Å². The van der Waals surface area contributed by atoms with Crippen LogP contribution in [0.1, 0.15) is 36.4 Å². The van der Waals surface area contributed by atoms with E-state index in [0.29, 0.717) is 19.7 Å². The molecule has 6 nitrogen and oxygen atoms in total. The molecule has 0 bridgehead atoms. The second-order valence-corrected chi connectivity index (χ2v) is 6.67. The fraction of sp³-hybridized carbons (Fsp3) is 0.421. The molecule has 2 aromatic rings. The minimum Gasteiger partial charge on any atom is -0.491 e. The average Bonchev–Trinajstić information content (AvgIpc) is 3.30. The molecule has 0 saturated heterocycles. The van der Waals surface area contributed by atoms with Crippen LogP contribution in [-0.2, 0) is 18.4 Å². The van der Waals surface area contributed by atoms with E-state index in [4.69, 9.17) is 4.74 Å². The Balaban J connectivity index is 1.54. The molecule has 0 radical (unpaired) electrons. The molecule has 0 N–H and O–H groups in total. The number of hydrogen-bond acceptors (Lipinski definition) is 4. The minimum atomic E-state index is 0.114. The maximum absolute atomic E-state index is 12.8. The van der Waals surface area contributed by atoms with Crippen LogP contribution in [0.15, 0.2) is 42.4 Å². The molecule has 25 heavy (non-hydrogen) atoms. The highest BCUT2D eigenvalue weighted by Gasteiger charge is 2.32. The van der Waals surface area contributed by atoms with E-state index < -0.39 is 0 Å². The predicted molar refractivity (Wildman–Crippen MR) is 93.0 cm³/mol. The van der Waals surface area contributed by atoms with Crippen LogP contribution in [0.3, 0.4) is 0 Å². The lowest BCUT2D eigenvalue weighted by molar-refractivity contribution is -0.128. The summed E-state index contributed by atoms with van der Waals surface area (Å²) in [6.45, 7) is 1.79. The van der Waals surface area contributed by atoms with E-state index in [0.717, 1.165) is 36.3 Å². The molecular formula is C19H22N4O2. The fourth-order valence-corrected chi connectivity index (χ4v) is 3.62. The van der Waals surface area contributed by atoms with Crippen molar-refractivity contribution in [3.8, 4) is 5.75 Å². The predicted octanol–water partition coefficient (Wildman–Crippen LogP) is 2.43. The lowest BCUT2D eigenvalue weighted by Crippen LogP contribution is -2.40. The van der Waals surface area contributed by atoms with Crippen molar-refractivity contribution in [3.63, 3.8) is 0 Å². The summed E-state index contributed by atoms with van der Waals surface area (Å²) in [6, 6.07) is 3.75. The number of aromatic nitrogens is 3. The van der Waals surface area contributed by atoms with Gasteiger partial charge in [0.25, 0.3) is 0 Å². The van der Waals surface area contributed by atoms with E-state index >= 15 is 0 Å². The van der Waals surface area contributed by atoms with Crippen LogP contribution in [0.2, 0.25) is 0 Å². The number of nitrogens with zero attached hydrogens (tertiary/aromatic N) is 4. The molecule has 130 valence electrons. The van der Waals surface area contributed by atoms with Gasteiger partial charge < -0.3 is 9.64 Å². The third kappa shape index (κ3) is 3.16. The van der Waals surface area contributed by atoms with Crippen LogP contribution in [0.5, 0.6) is 5.75 Å². The smallest absolute Gasteiger partial charge is 0.249 e. The van der Waals surface area contributed by atoms with Crippen LogP contribution in [0.4, 0.5) is 0 Å². The number of pyridine rings is 1. The second-order valence-electron chi connectivity index (χ2n) is 6.67. The van der Waals surface area contributed by atoms with Gasteiger partial charge in [-0.2, -0.15) is 5.10 Å². The number of amides is 1. The molecule has 2 aliphatic rings. The average molecular weight is 338 g/mol. The van der Waals surface area contributed by atoms with Crippen molar-refractivity contribution in [1.82, 2.24) is 19.7 Å². The van der Waals surface area contributed by atoms with E-state index in [-0.39, 0.29) is 11.8 Å². The molecule has 0 aromatic carbocycles.